The molecule has 0 aliphatic heterocycles. The number of rotatable bonds is 5. The van der Waals surface area contributed by atoms with Gasteiger partial charge in [-0.15, -0.1) is 0 Å². The highest BCUT2D eigenvalue weighted by Crippen LogP contribution is 2.42. The number of methoxy groups -OCH3 is 1. The van der Waals surface area contributed by atoms with Crippen LogP contribution in [0.2, 0.25) is 0 Å². The zero-order valence-corrected chi connectivity index (χ0v) is 13.4. The van der Waals surface area contributed by atoms with Crippen LogP contribution in [0.1, 0.15) is 33.0 Å². The quantitative estimate of drug-likeness (QED) is 0.919. The highest BCUT2D eigenvalue weighted by atomic mass is 16.5. The third-order valence-electron chi connectivity index (χ3n) is 5.02. The molecule has 0 spiro atoms. The van der Waals surface area contributed by atoms with E-state index in [0.717, 1.165) is 30.9 Å². The van der Waals surface area contributed by atoms with Crippen molar-refractivity contribution in [3.63, 3.8) is 0 Å². The molecule has 1 fully saturated rings. The van der Waals surface area contributed by atoms with Crippen LogP contribution < -0.4 is 5.32 Å². The maximum atomic E-state index is 5.52. The lowest BCUT2D eigenvalue weighted by Crippen LogP contribution is -2.60. The molecule has 1 aromatic carbocycles. The van der Waals surface area contributed by atoms with Gasteiger partial charge >= 0.3 is 0 Å². The minimum absolute atomic E-state index is 0.192. The predicted molar refractivity (Wildman–Crippen MR) is 85.2 cm³/mol. The van der Waals surface area contributed by atoms with Gasteiger partial charge in [0.15, 0.2) is 0 Å². The van der Waals surface area contributed by atoms with Crippen LogP contribution in [0.5, 0.6) is 0 Å². The number of nitrogens with zero attached hydrogens (tertiary/aromatic N) is 2. The lowest BCUT2D eigenvalue weighted by Gasteiger charge is -2.51. The van der Waals surface area contributed by atoms with E-state index in [1.807, 2.05) is 6.07 Å². The average molecular weight is 287 g/mol. The SMILES string of the molecule is CCn1c(CNC2CC(OC)C2(C)C)nc2ccccc21. The summed E-state index contributed by atoms with van der Waals surface area (Å²) in [5.41, 5.74) is 2.50. The fourth-order valence-corrected chi connectivity index (χ4v) is 3.46. The van der Waals surface area contributed by atoms with Crippen LogP contribution in [-0.2, 0) is 17.8 Å². The van der Waals surface area contributed by atoms with Gasteiger partial charge in [-0.25, -0.2) is 4.98 Å². The summed E-state index contributed by atoms with van der Waals surface area (Å²) in [5, 5.41) is 3.66. The first-order chi connectivity index (χ1) is 10.1. The second-order valence-corrected chi connectivity index (χ2v) is 6.48. The van der Waals surface area contributed by atoms with Crippen LogP contribution in [0.15, 0.2) is 24.3 Å². The largest absolute Gasteiger partial charge is 0.381 e. The molecule has 4 heteroatoms. The first kappa shape index (κ1) is 14.5. The molecule has 1 aliphatic rings. The van der Waals surface area contributed by atoms with E-state index in [1.54, 1.807) is 7.11 Å². The summed E-state index contributed by atoms with van der Waals surface area (Å²) >= 11 is 0. The predicted octanol–water partition coefficient (Wildman–Crippen LogP) is 2.96. The summed E-state index contributed by atoms with van der Waals surface area (Å²) in [4.78, 5) is 4.77. The molecule has 1 heterocycles. The van der Waals surface area contributed by atoms with E-state index in [9.17, 15) is 0 Å². The normalized spacial score (nSPS) is 24.2. The lowest BCUT2D eigenvalue weighted by atomic mass is 9.64. The minimum atomic E-state index is 0.192. The zero-order chi connectivity index (χ0) is 15.0. The fourth-order valence-electron chi connectivity index (χ4n) is 3.46. The van der Waals surface area contributed by atoms with Crippen molar-refractivity contribution in [1.29, 1.82) is 0 Å². The zero-order valence-electron chi connectivity index (χ0n) is 13.4. The highest BCUT2D eigenvalue weighted by Gasteiger charge is 2.48. The summed E-state index contributed by atoms with van der Waals surface area (Å²) < 4.78 is 7.81. The van der Waals surface area contributed by atoms with Gasteiger partial charge in [0.05, 0.1) is 23.7 Å². The molecule has 2 atom stereocenters. The number of aryl methyl sites for hydroxylation is 1. The van der Waals surface area contributed by atoms with Crippen molar-refractivity contribution in [3.05, 3.63) is 30.1 Å². The molecule has 3 rings (SSSR count). The number of aromatic nitrogens is 2. The maximum Gasteiger partial charge on any atom is 0.123 e. The van der Waals surface area contributed by atoms with E-state index in [4.69, 9.17) is 9.72 Å². The van der Waals surface area contributed by atoms with Crippen LogP contribution >= 0.6 is 0 Å². The van der Waals surface area contributed by atoms with Gasteiger partial charge < -0.3 is 14.6 Å². The van der Waals surface area contributed by atoms with E-state index in [1.165, 1.54) is 5.52 Å². The van der Waals surface area contributed by atoms with E-state index in [-0.39, 0.29) is 5.41 Å². The molecule has 1 N–H and O–H groups in total. The first-order valence-electron chi connectivity index (χ1n) is 7.78. The second kappa shape index (κ2) is 5.43. The number of nitrogens with one attached hydrogen (secondary N) is 1. The smallest absolute Gasteiger partial charge is 0.123 e. The summed E-state index contributed by atoms with van der Waals surface area (Å²) in [6.45, 7) is 8.47. The van der Waals surface area contributed by atoms with E-state index < -0.39 is 0 Å². The Bertz CT molecular complexity index is 632. The van der Waals surface area contributed by atoms with Gasteiger partial charge in [0.2, 0.25) is 0 Å². The molecule has 1 aliphatic carbocycles. The van der Waals surface area contributed by atoms with Crippen molar-refractivity contribution in [3.8, 4) is 0 Å². The Labute approximate surface area is 126 Å². The fraction of sp³-hybridized carbons (Fsp3) is 0.588. The highest BCUT2D eigenvalue weighted by molar-refractivity contribution is 5.75. The topological polar surface area (TPSA) is 39.1 Å². The van der Waals surface area contributed by atoms with E-state index in [2.05, 4.69) is 48.9 Å². The molecule has 21 heavy (non-hydrogen) atoms. The Morgan fingerprint density at radius 3 is 2.81 bits per heavy atom. The maximum absolute atomic E-state index is 5.52. The Morgan fingerprint density at radius 1 is 1.38 bits per heavy atom. The van der Waals surface area contributed by atoms with Gasteiger partial charge in [0, 0.05) is 25.1 Å². The standard InChI is InChI=1S/C17H25N3O/c1-5-20-13-9-7-6-8-12(13)19-16(20)11-18-14-10-15(21-4)17(14,2)3/h6-9,14-15,18H,5,10-11H2,1-4H3. The molecule has 2 unspecified atom stereocenters. The Hall–Kier alpha value is -1.39. The molecule has 0 bridgehead atoms. The second-order valence-electron chi connectivity index (χ2n) is 6.48. The first-order valence-corrected chi connectivity index (χ1v) is 7.78. The third kappa shape index (κ3) is 2.36. The van der Waals surface area contributed by atoms with Gasteiger partial charge in [0.1, 0.15) is 5.82 Å². The van der Waals surface area contributed by atoms with Gasteiger partial charge in [-0.2, -0.15) is 0 Å². The molecule has 1 saturated carbocycles. The number of fused-ring (bicyclic) bond motifs is 1. The number of para-hydroxylation sites is 2. The number of benzene rings is 1. The van der Waals surface area contributed by atoms with Crippen molar-refractivity contribution < 1.29 is 4.74 Å². The van der Waals surface area contributed by atoms with Crippen LogP contribution in [0, 0.1) is 5.41 Å². The van der Waals surface area contributed by atoms with Crippen molar-refractivity contribution in [2.75, 3.05) is 7.11 Å². The summed E-state index contributed by atoms with van der Waals surface area (Å²) in [6.07, 6.45) is 1.44. The molecule has 114 valence electrons. The number of ether oxygens (including phenoxy) is 1. The van der Waals surface area contributed by atoms with Crippen molar-refractivity contribution >= 4 is 11.0 Å². The number of hydrogen-bond donors (Lipinski definition) is 1. The summed E-state index contributed by atoms with van der Waals surface area (Å²) in [7, 11) is 1.80. The van der Waals surface area contributed by atoms with E-state index in [0.29, 0.717) is 12.1 Å². The molecule has 0 saturated heterocycles. The van der Waals surface area contributed by atoms with Crippen LogP contribution in [0.25, 0.3) is 11.0 Å². The van der Waals surface area contributed by atoms with Gasteiger partial charge in [-0.3, -0.25) is 0 Å². The van der Waals surface area contributed by atoms with Crippen molar-refractivity contribution in [2.24, 2.45) is 5.41 Å². The summed E-state index contributed by atoms with van der Waals surface area (Å²) in [6, 6.07) is 8.84. The van der Waals surface area contributed by atoms with Gasteiger partial charge in [0.25, 0.3) is 0 Å². The van der Waals surface area contributed by atoms with Crippen molar-refractivity contribution in [2.45, 2.75) is 52.4 Å². The molecular formula is C17H25N3O. The Morgan fingerprint density at radius 2 is 2.14 bits per heavy atom. The lowest BCUT2D eigenvalue weighted by molar-refractivity contribution is -0.0980. The average Bonchev–Trinajstić information content (AvgIpc) is 2.83. The Kier molecular flexibility index (Phi) is 3.76. The molecule has 4 nitrogen and oxygen atoms in total. The van der Waals surface area contributed by atoms with E-state index >= 15 is 0 Å². The van der Waals surface area contributed by atoms with Crippen LogP contribution in [-0.4, -0.2) is 28.8 Å². The molecular weight excluding hydrogens is 262 g/mol. The Balaban J connectivity index is 1.74. The summed E-state index contributed by atoms with van der Waals surface area (Å²) in [5.74, 6) is 1.12. The van der Waals surface area contributed by atoms with Gasteiger partial charge in [-0.05, 0) is 25.5 Å². The van der Waals surface area contributed by atoms with Crippen LogP contribution in [0.3, 0.4) is 0 Å². The van der Waals surface area contributed by atoms with Crippen LogP contribution in [0.4, 0.5) is 0 Å². The van der Waals surface area contributed by atoms with Crippen molar-refractivity contribution in [1.82, 2.24) is 14.9 Å². The molecule has 0 amide bonds. The molecule has 2 aromatic rings. The molecule has 1 aromatic heterocycles. The molecule has 0 radical (unpaired) electrons. The monoisotopic (exact) mass is 287 g/mol. The number of hydrogen-bond acceptors (Lipinski definition) is 3. The van der Waals surface area contributed by atoms with Gasteiger partial charge in [-0.1, -0.05) is 26.0 Å². The number of imidazole rings is 1. The third-order valence-corrected chi connectivity index (χ3v) is 5.02. The minimum Gasteiger partial charge on any atom is -0.381 e.